The maximum atomic E-state index is 12.3. The van der Waals surface area contributed by atoms with Gasteiger partial charge in [-0.2, -0.15) is 0 Å². The van der Waals surface area contributed by atoms with Crippen molar-refractivity contribution in [2.24, 2.45) is 0 Å². The Labute approximate surface area is 429 Å². The van der Waals surface area contributed by atoms with E-state index in [9.17, 15) is 24.0 Å². The average molecular weight is 1030 g/mol. The van der Waals surface area contributed by atoms with Crippen LogP contribution in [0.25, 0.3) is 0 Å². The van der Waals surface area contributed by atoms with E-state index in [1.165, 1.54) is 15.9 Å². The number of ether oxygens (including phenoxy) is 6. The predicted molar refractivity (Wildman–Crippen MR) is 295 cm³/mol. The number of hydrogen-bond donors (Lipinski definition) is 0. The summed E-state index contributed by atoms with van der Waals surface area (Å²) in [6.45, 7) is 22.8. The normalized spacial score (nSPS) is 13.4. The lowest BCUT2D eigenvalue weighted by atomic mass is 9.95. The summed E-state index contributed by atoms with van der Waals surface area (Å²) in [7, 11) is -1.38. The number of methoxy groups -OCH3 is 2. The fraction of sp³-hybridized carbons (Fsp3) is 0.362. The van der Waals surface area contributed by atoms with Crippen molar-refractivity contribution >= 4 is 70.1 Å². The second-order valence-corrected chi connectivity index (χ2v) is 35.4. The highest BCUT2D eigenvalue weighted by Crippen LogP contribution is 2.59. The summed E-state index contributed by atoms with van der Waals surface area (Å²) in [5.74, 6) is 1.55. The molecule has 0 fully saturated rings. The Balaban J connectivity index is 0.000000201. The average Bonchev–Trinajstić information content (AvgIpc) is 3.95. The summed E-state index contributed by atoms with van der Waals surface area (Å²) >= 11 is 0. The van der Waals surface area contributed by atoms with Crippen molar-refractivity contribution in [3.63, 3.8) is 0 Å². The molecular weight excluding hydrogens is 960 g/mol. The van der Waals surface area contributed by atoms with Crippen molar-refractivity contribution in [3.05, 3.63) is 147 Å². The maximum absolute atomic E-state index is 12.3. The molecule has 1 atom stereocenters. The van der Waals surface area contributed by atoms with Crippen LogP contribution in [0.15, 0.2) is 103 Å². The highest BCUT2D eigenvalue weighted by Gasteiger charge is 2.50. The second-order valence-electron chi connectivity index (χ2n) is 20.4. The van der Waals surface area contributed by atoms with Gasteiger partial charge >= 0.3 is 11.9 Å². The molecule has 11 nitrogen and oxygen atoms in total. The molecule has 7 rings (SSSR count). The number of esters is 2. The first-order valence-corrected chi connectivity index (χ1v) is 33.7. The van der Waals surface area contributed by atoms with Crippen LogP contribution in [0.3, 0.4) is 0 Å². The molecule has 5 aromatic rings. The lowest BCUT2D eigenvalue weighted by Gasteiger charge is -2.30. The van der Waals surface area contributed by atoms with Crippen molar-refractivity contribution in [3.8, 4) is 23.0 Å². The van der Waals surface area contributed by atoms with E-state index in [-0.39, 0.29) is 37.2 Å². The molecule has 0 spiro atoms. The van der Waals surface area contributed by atoms with Gasteiger partial charge < -0.3 is 33.2 Å². The van der Waals surface area contributed by atoms with Crippen molar-refractivity contribution in [2.75, 3.05) is 27.4 Å². The number of aldehydes is 3. The molecular formula is C58H72O11PSi2+. The number of fused-ring (bicyclic) bond motifs is 2. The third kappa shape index (κ3) is 13.3. The van der Waals surface area contributed by atoms with Crippen LogP contribution >= 0.6 is 7.26 Å². The fourth-order valence-electron chi connectivity index (χ4n) is 8.88. The number of allylic oxidation sites excluding steroid dienone is 2. The molecule has 0 saturated carbocycles. The minimum absolute atomic E-state index is 0.0744. The number of hydrogen-bond acceptors (Lipinski definition) is 11. The van der Waals surface area contributed by atoms with E-state index in [0.29, 0.717) is 64.9 Å². The van der Waals surface area contributed by atoms with E-state index in [1.54, 1.807) is 21.1 Å². The summed E-state index contributed by atoms with van der Waals surface area (Å²) in [5.41, 5.74) is 6.28. The van der Waals surface area contributed by atoms with E-state index in [2.05, 4.69) is 112 Å². The number of cyclic esters (lactones) is 2. The monoisotopic (exact) mass is 1030 g/mol. The van der Waals surface area contributed by atoms with Crippen molar-refractivity contribution < 1.29 is 52.4 Å². The van der Waals surface area contributed by atoms with Crippen LogP contribution < -0.4 is 34.9 Å². The molecule has 0 aliphatic carbocycles. The van der Waals surface area contributed by atoms with Crippen molar-refractivity contribution in [2.45, 2.75) is 111 Å². The van der Waals surface area contributed by atoms with Gasteiger partial charge in [-0.15, -0.1) is 0 Å². The molecule has 2 heterocycles. The molecule has 5 aromatic carbocycles. The molecule has 382 valence electrons. The topological polar surface area (TPSA) is 141 Å². The number of carbonyl (C=O) groups excluding carboxylic acids is 5. The Morgan fingerprint density at radius 3 is 1.31 bits per heavy atom. The smallest absolute Gasteiger partial charge is 0.342 e. The summed E-state index contributed by atoms with van der Waals surface area (Å²) < 4.78 is 33.6. The van der Waals surface area contributed by atoms with Crippen LogP contribution in [-0.2, 0) is 49.9 Å². The molecule has 0 aromatic heterocycles. The van der Waals surface area contributed by atoms with Gasteiger partial charge in [0.2, 0.25) is 0 Å². The molecule has 0 saturated heterocycles. The lowest BCUT2D eigenvalue weighted by molar-refractivity contribution is -0.108. The van der Waals surface area contributed by atoms with Gasteiger partial charge in [0.1, 0.15) is 88.7 Å². The van der Waals surface area contributed by atoms with Crippen LogP contribution in [-0.4, -0.2) is 80.0 Å². The summed E-state index contributed by atoms with van der Waals surface area (Å²) in [6, 6.07) is 33.4. The van der Waals surface area contributed by atoms with Crippen LogP contribution in [0.2, 0.25) is 51.4 Å². The largest absolute Gasteiger partial charge is 0.496 e. The maximum Gasteiger partial charge on any atom is 0.342 e. The third-order valence-electron chi connectivity index (χ3n) is 12.8. The Morgan fingerprint density at radius 1 is 0.611 bits per heavy atom. The van der Waals surface area contributed by atoms with Crippen LogP contribution in [0.1, 0.15) is 67.9 Å². The minimum atomic E-state index is -2.01. The van der Waals surface area contributed by atoms with Crippen LogP contribution in [0.4, 0.5) is 0 Å². The first kappa shape index (κ1) is 56.8. The highest BCUT2D eigenvalue weighted by molar-refractivity contribution is 7.96. The van der Waals surface area contributed by atoms with Gasteiger partial charge in [0.25, 0.3) is 0 Å². The summed E-state index contributed by atoms with van der Waals surface area (Å²) in [6.07, 6.45) is 5.15. The fourth-order valence-corrected chi connectivity index (χ4v) is 14.7. The summed E-state index contributed by atoms with van der Waals surface area (Å²) in [5, 5.41) is 3.74. The Kier molecular flexibility index (Phi) is 20.1. The predicted octanol–water partition coefficient (Wildman–Crippen LogP) is 10.8. The molecule has 0 N–H and O–H groups in total. The molecule has 1 unspecified atom stereocenters. The SMILES string of the molecule is CC(C=O)[P+](c1ccccc1)(c1ccccc1)c1ccccc1.COc1c(C)c2c(c(OCC[Si](C)(C)C)c1C/C=C(\C)C=O)C(=O)OC2.COc1c(C)c2c(c(OCC[Si](C)(C)C)c1CC=O)C(=O)OC2. The summed E-state index contributed by atoms with van der Waals surface area (Å²) in [4.78, 5) is 58.4. The lowest BCUT2D eigenvalue weighted by Crippen LogP contribution is -2.38. The quantitative estimate of drug-likeness (QED) is 0.0242. The minimum Gasteiger partial charge on any atom is -0.496 e. The van der Waals surface area contributed by atoms with Gasteiger partial charge in [-0.3, -0.25) is 9.59 Å². The zero-order chi connectivity index (χ0) is 52.8. The van der Waals surface area contributed by atoms with Crippen LogP contribution in [0, 0.1) is 13.8 Å². The zero-order valence-electron chi connectivity index (χ0n) is 44.1. The molecule has 0 amide bonds. The second kappa shape index (κ2) is 25.5. The molecule has 0 bridgehead atoms. The molecule has 14 heteroatoms. The molecule has 0 radical (unpaired) electrons. The van der Waals surface area contributed by atoms with Gasteiger partial charge in [0.15, 0.2) is 6.29 Å². The van der Waals surface area contributed by atoms with Gasteiger partial charge in [-0.25, -0.2) is 9.59 Å². The highest BCUT2D eigenvalue weighted by atomic mass is 31.2. The third-order valence-corrected chi connectivity index (χ3v) is 20.9. The van der Waals surface area contributed by atoms with E-state index in [0.717, 1.165) is 58.8 Å². The van der Waals surface area contributed by atoms with Crippen LogP contribution in [0.5, 0.6) is 23.0 Å². The van der Waals surface area contributed by atoms with Crippen molar-refractivity contribution in [1.29, 1.82) is 0 Å². The van der Waals surface area contributed by atoms with E-state index in [1.807, 2.05) is 45.0 Å². The molecule has 72 heavy (non-hydrogen) atoms. The Morgan fingerprint density at radius 2 is 0.986 bits per heavy atom. The standard InChI is InChI=1S/C21H20OP.C20H28O5Si.C17H24O5Si/c1-18(17-22)23(19-11-5-2-6-12-19,20-13-7-3-8-14-20)21-15-9-4-10-16-21;1-13(11-21)7-8-15-18(23-3)14(2)16-12-25-20(22)17(16)19(15)24-9-10-26(4,5)6;1-11-13-10-22-17(19)14(13)16(21-8-9-23(3,4)5)12(6-7-18)15(11)20-2/h2-18H,1H3;7,11H,8-10,12H2,1-6H3;7H,6,8-10H2,1-5H3/q+1;;/b;13-7+;. The van der Waals surface area contributed by atoms with E-state index >= 15 is 0 Å². The first-order valence-electron chi connectivity index (χ1n) is 24.4. The van der Waals surface area contributed by atoms with Crippen molar-refractivity contribution in [1.82, 2.24) is 0 Å². The Hall–Kier alpha value is -6.15. The zero-order valence-corrected chi connectivity index (χ0v) is 47.0. The van der Waals surface area contributed by atoms with E-state index < -0.39 is 23.4 Å². The van der Waals surface area contributed by atoms with Gasteiger partial charge in [0.05, 0.1) is 27.4 Å². The number of rotatable bonds is 20. The number of benzene rings is 5. The van der Waals surface area contributed by atoms with Gasteiger partial charge in [0, 0.05) is 44.8 Å². The van der Waals surface area contributed by atoms with Gasteiger partial charge in [-0.05, 0) is 99.3 Å². The first-order chi connectivity index (χ1) is 34.3. The van der Waals surface area contributed by atoms with E-state index in [4.69, 9.17) is 28.4 Å². The number of carbonyl (C=O) groups is 5. The molecule has 2 aliphatic rings. The Bertz CT molecular complexity index is 2630. The molecule has 2 aliphatic heterocycles. The van der Waals surface area contributed by atoms with Gasteiger partial charge in [-0.1, -0.05) is 100.0 Å².